The van der Waals surface area contributed by atoms with Crippen LogP contribution in [0.1, 0.15) is 5.56 Å². The number of hydrogen-bond donors (Lipinski definition) is 3. The summed E-state index contributed by atoms with van der Waals surface area (Å²) in [6, 6.07) is 10.7. The fraction of sp³-hybridized carbons (Fsp3) is 0.125. The largest absolute Gasteiger partial charge is 0.508 e. The lowest BCUT2D eigenvalue weighted by atomic mass is 10.1. The summed E-state index contributed by atoms with van der Waals surface area (Å²) >= 11 is 0. The standard InChI is InChI=1S/C16H16N6O/c23-13-3-1-12(2-4-13)5-9-18-16-19-10-7-15(22-16)21-14-6-8-17-11-20-14/h1-4,6-8,10-11,23H,5,9H2,(H2,17,18,19,20,21,22). The first-order valence-corrected chi connectivity index (χ1v) is 7.17. The summed E-state index contributed by atoms with van der Waals surface area (Å²) in [5.41, 5.74) is 1.13. The van der Waals surface area contributed by atoms with Crippen molar-refractivity contribution in [3.8, 4) is 5.75 Å². The van der Waals surface area contributed by atoms with Gasteiger partial charge >= 0.3 is 0 Å². The Morgan fingerprint density at radius 1 is 0.913 bits per heavy atom. The van der Waals surface area contributed by atoms with E-state index < -0.39 is 0 Å². The second-order valence-corrected chi connectivity index (χ2v) is 4.83. The van der Waals surface area contributed by atoms with Crippen molar-refractivity contribution in [2.45, 2.75) is 6.42 Å². The second-order valence-electron chi connectivity index (χ2n) is 4.83. The van der Waals surface area contributed by atoms with E-state index in [1.165, 1.54) is 6.33 Å². The molecule has 0 bridgehead atoms. The zero-order valence-corrected chi connectivity index (χ0v) is 12.3. The van der Waals surface area contributed by atoms with E-state index in [-0.39, 0.29) is 5.75 Å². The highest BCUT2D eigenvalue weighted by atomic mass is 16.3. The lowest BCUT2D eigenvalue weighted by molar-refractivity contribution is 0.475. The van der Waals surface area contributed by atoms with Crippen LogP contribution in [0.4, 0.5) is 17.6 Å². The van der Waals surface area contributed by atoms with Crippen molar-refractivity contribution in [3.63, 3.8) is 0 Å². The Balaban J connectivity index is 1.56. The highest BCUT2D eigenvalue weighted by Gasteiger charge is 2.01. The molecule has 1 aromatic carbocycles. The average Bonchev–Trinajstić information content (AvgIpc) is 2.58. The molecule has 3 aromatic rings. The van der Waals surface area contributed by atoms with Crippen LogP contribution in [-0.4, -0.2) is 31.6 Å². The van der Waals surface area contributed by atoms with E-state index in [0.717, 1.165) is 12.0 Å². The van der Waals surface area contributed by atoms with Crippen molar-refractivity contribution >= 4 is 17.6 Å². The predicted molar refractivity (Wildman–Crippen MR) is 87.6 cm³/mol. The Kier molecular flexibility index (Phi) is 4.58. The van der Waals surface area contributed by atoms with Crippen LogP contribution in [-0.2, 0) is 6.42 Å². The van der Waals surface area contributed by atoms with Crippen LogP contribution < -0.4 is 10.6 Å². The maximum Gasteiger partial charge on any atom is 0.224 e. The van der Waals surface area contributed by atoms with Gasteiger partial charge in [0.15, 0.2) is 0 Å². The fourth-order valence-electron chi connectivity index (χ4n) is 1.99. The molecule has 2 aromatic heterocycles. The van der Waals surface area contributed by atoms with Gasteiger partial charge in [0.1, 0.15) is 23.7 Å². The van der Waals surface area contributed by atoms with Gasteiger partial charge in [0.05, 0.1) is 0 Å². The number of phenols is 1. The number of anilines is 3. The molecule has 0 radical (unpaired) electrons. The molecule has 0 atom stereocenters. The van der Waals surface area contributed by atoms with E-state index in [0.29, 0.717) is 24.1 Å². The van der Waals surface area contributed by atoms with Gasteiger partial charge in [-0.1, -0.05) is 12.1 Å². The number of aromatic nitrogens is 4. The number of aromatic hydroxyl groups is 1. The number of phenolic OH excluding ortho intramolecular Hbond substituents is 1. The Hall–Kier alpha value is -3.22. The first-order chi connectivity index (χ1) is 11.3. The summed E-state index contributed by atoms with van der Waals surface area (Å²) in [5, 5.41) is 15.5. The minimum atomic E-state index is 0.272. The van der Waals surface area contributed by atoms with Crippen LogP contribution in [0.25, 0.3) is 0 Å². The van der Waals surface area contributed by atoms with Gasteiger partial charge in [-0.2, -0.15) is 4.98 Å². The molecule has 0 fully saturated rings. The molecule has 0 aliphatic carbocycles. The Bertz CT molecular complexity index is 748. The van der Waals surface area contributed by atoms with Crippen LogP contribution in [0.15, 0.2) is 55.1 Å². The van der Waals surface area contributed by atoms with Crippen molar-refractivity contribution in [3.05, 3.63) is 60.7 Å². The predicted octanol–water partition coefficient (Wildman–Crippen LogP) is 2.37. The molecule has 2 heterocycles. The van der Waals surface area contributed by atoms with Crippen LogP contribution in [0.5, 0.6) is 5.75 Å². The third-order valence-electron chi connectivity index (χ3n) is 3.13. The molecule has 0 saturated heterocycles. The number of rotatable bonds is 6. The van der Waals surface area contributed by atoms with Crippen LogP contribution in [0.3, 0.4) is 0 Å². The SMILES string of the molecule is Oc1ccc(CCNc2nccc(Nc3ccncn3)n2)cc1. The summed E-state index contributed by atoms with van der Waals surface area (Å²) < 4.78 is 0. The Labute approximate surface area is 133 Å². The first-order valence-electron chi connectivity index (χ1n) is 7.17. The molecule has 7 heteroatoms. The van der Waals surface area contributed by atoms with E-state index in [1.807, 2.05) is 12.1 Å². The van der Waals surface area contributed by atoms with E-state index in [1.54, 1.807) is 36.7 Å². The van der Waals surface area contributed by atoms with Gasteiger partial charge in [-0.05, 0) is 36.2 Å². The maximum atomic E-state index is 9.26. The maximum absolute atomic E-state index is 9.26. The van der Waals surface area contributed by atoms with Gasteiger partial charge in [-0.3, -0.25) is 0 Å². The lowest BCUT2D eigenvalue weighted by Crippen LogP contribution is -2.08. The summed E-state index contributed by atoms with van der Waals surface area (Å²) in [6.07, 6.45) is 5.63. The molecule has 116 valence electrons. The fourth-order valence-corrected chi connectivity index (χ4v) is 1.99. The van der Waals surface area contributed by atoms with Gasteiger partial charge < -0.3 is 15.7 Å². The number of hydrogen-bond acceptors (Lipinski definition) is 7. The van der Waals surface area contributed by atoms with Gasteiger partial charge in [-0.25, -0.2) is 15.0 Å². The van der Waals surface area contributed by atoms with Gasteiger partial charge in [0, 0.05) is 18.9 Å². The normalized spacial score (nSPS) is 10.3. The second kappa shape index (κ2) is 7.17. The van der Waals surface area contributed by atoms with Gasteiger partial charge in [0.25, 0.3) is 0 Å². The molecule has 7 nitrogen and oxygen atoms in total. The molecule has 0 unspecified atom stereocenters. The molecular formula is C16H16N6O. The molecule has 3 rings (SSSR count). The average molecular weight is 308 g/mol. The summed E-state index contributed by atoms with van der Waals surface area (Å²) in [5.74, 6) is 2.15. The van der Waals surface area contributed by atoms with E-state index in [2.05, 4.69) is 30.6 Å². The zero-order valence-electron chi connectivity index (χ0n) is 12.3. The Morgan fingerprint density at radius 3 is 2.52 bits per heavy atom. The monoisotopic (exact) mass is 308 g/mol. The van der Waals surface area contributed by atoms with Crippen LogP contribution in [0, 0.1) is 0 Å². The third kappa shape index (κ3) is 4.37. The molecule has 0 aliphatic rings. The molecule has 0 saturated carbocycles. The quantitative estimate of drug-likeness (QED) is 0.643. The molecule has 0 aliphatic heterocycles. The molecule has 0 amide bonds. The van der Waals surface area contributed by atoms with Crippen molar-refractivity contribution in [1.82, 2.24) is 19.9 Å². The number of nitrogens with zero attached hydrogens (tertiary/aromatic N) is 4. The van der Waals surface area contributed by atoms with Crippen molar-refractivity contribution in [2.24, 2.45) is 0 Å². The zero-order chi connectivity index (χ0) is 15.9. The number of nitrogens with one attached hydrogen (secondary N) is 2. The summed E-state index contributed by atoms with van der Waals surface area (Å²) in [4.78, 5) is 16.5. The van der Waals surface area contributed by atoms with E-state index >= 15 is 0 Å². The summed E-state index contributed by atoms with van der Waals surface area (Å²) in [7, 11) is 0. The van der Waals surface area contributed by atoms with E-state index in [9.17, 15) is 5.11 Å². The lowest BCUT2D eigenvalue weighted by Gasteiger charge is -2.08. The van der Waals surface area contributed by atoms with Crippen molar-refractivity contribution in [1.29, 1.82) is 0 Å². The highest BCUT2D eigenvalue weighted by Crippen LogP contribution is 2.12. The summed E-state index contributed by atoms with van der Waals surface area (Å²) in [6.45, 7) is 0.696. The minimum absolute atomic E-state index is 0.272. The van der Waals surface area contributed by atoms with Crippen LogP contribution in [0.2, 0.25) is 0 Å². The van der Waals surface area contributed by atoms with Crippen molar-refractivity contribution < 1.29 is 5.11 Å². The molecule has 23 heavy (non-hydrogen) atoms. The van der Waals surface area contributed by atoms with Gasteiger partial charge in [-0.15, -0.1) is 0 Å². The molecule has 3 N–H and O–H groups in total. The third-order valence-corrected chi connectivity index (χ3v) is 3.13. The van der Waals surface area contributed by atoms with E-state index in [4.69, 9.17) is 0 Å². The number of benzene rings is 1. The Morgan fingerprint density at radius 2 is 1.74 bits per heavy atom. The smallest absolute Gasteiger partial charge is 0.224 e. The van der Waals surface area contributed by atoms with Gasteiger partial charge in [0.2, 0.25) is 5.95 Å². The van der Waals surface area contributed by atoms with Crippen LogP contribution >= 0.6 is 0 Å². The molecular weight excluding hydrogens is 292 g/mol. The first kappa shape index (κ1) is 14.7. The minimum Gasteiger partial charge on any atom is -0.508 e. The van der Waals surface area contributed by atoms with Crippen molar-refractivity contribution in [2.75, 3.05) is 17.2 Å². The topological polar surface area (TPSA) is 95.8 Å². The highest BCUT2D eigenvalue weighted by molar-refractivity contribution is 5.51. The molecule has 0 spiro atoms.